The summed E-state index contributed by atoms with van der Waals surface area (Å²) < 4.78 is 27.2. The maximum atomic E-state index is 5.75. The molecule has 2 aromatic carbocycles. The van der Waals surface area contributed by atoms with E-state index in [-0.39, 0.29) is 0 Å². The predicted octanol–water partition coefficient (Wildman–Crippen LogP) is 3.87. The average molecular weight is 358 g/mol. The SMILES string of the molecule is C=CCOCCOCCOc1ccc(COc2ccc(OC)cc2)cc1. The van der Waals surface area contributed by atoms with Gasteiger partial charge in [-0.05, 0) is 42.0 Å². The zero-order chi connectivity index (χ0) is 18.5. The molecule has 0 aliphatic rings. The fourth-order valence-corrected chi connectivity index (χ4v) is 2.13. The Bertz CT molecular complexity index is 622. The van der Waals surface area contributed by atoms with Gasteiger partial charge in [0.25, 0.3) is 0 Å². The third-order valence-electron chi connectivity index (χ3n) is 3.49. The third kappa shape index (κ3) is 7.59. The molecule has 0 bridgehead atoms. The lowest BCUT2D eigenvalue weighted by molar-refractivity contribution is 0.0449. The van der Waals surface area contributed by atoms with E-state index in [1.807, 2.05) is 48.5 Å². The monoisotopic (exact) mass is 358 g/mol. The molecule has 5 heteroatoms. The molecule has 0 heterocycles. The first kappa shape index (κ1) is 19.8. The maximum Gasteiger partial charge on any atom is 0.120 e. The number of hydrogen-bond donors (Lipinski definition) is 0. The second-order valence-corrected chi connectivity index (χ2v) is 5.43. The fourth-order valence-electron chi connectivity index (χ4n) is 2.13. The number of hydrogen-bond acceptors (Lipinski definition) is 5. The molecule has 0 aliphatic carbocycles. The van der Waals surface area contributed by atoms with Gasteiger partial charge < -0.3 is 23.7 Å². The fraction of sp³-hybridized carbons (Fsp3) is 0.333. The Hall–Kier alpha value is -2.50. The summed E-state index contributed by atoms with van der Waals surface area (Å²) in [7, 11) is 1.64. The van der Waals surface area contributed by atoms with Crippen molar-refractivity contribution in [1.29, 1.82) is 0 Å². The minimum Gasteiger partial charge on any atom is -0.497 e. The zero-order valence-corrected chi connectivity index (χ0v) is 15.2. The molecule has 0 unspecified atom stereocenters. The van der Waals surface area contributed by atoms with E-state index in [4.69, 9.17) is 23.7 Å². The van der Waals surface area contributed by atoms with Gasteiger partial charge in [0.2, 0.25) is 0 Å². The van der Waals surface area contributed by atoms with Crippen LogP contribution in [0.4, 0.5) is 0 Å². The molecule has 0 saturated carbocycles. The third-order valence-corrected chi connectivity index (χ3v) is 3.49. The summed E-state index contributed by atoms with van der Waals surface area (Å²) in [4.78, 5) is 0. The standard InChI is InChI=1S/C21H26O5/c1-3-12-23-13-14-24-15-16-25-20-6-4-18(5-7-20)17-26-21-10-8-19(22-2)9-11-21/h3-11H,1,12-17H2,2H3. The first-order valence-electron chi connectivity index (χ1n) is 8.57. The molecular weight excluding hydrogens is 332 g/mol. The topological polar surface area (TPSA) is 46.2 Å². The zero-order valence-electron chi connectivity index (χ0n) is 15.2. The smallest absolute Gasteiger partial charge is 0.120 e. The number of methoxy groups -OCH3 is 1. The quantitative estimate of drug-likeness (QED) is 0.402. The van der Waals surface area contributed by atoms with E-state index in [2.05, 4.69) is 6.58 Å². The van der Waals surface area contributed by atoms with Crippen molar-refractivity contribution >= 4 is 0 Å². The number of rotatable bonds is 13. The van der Waals surface area contributed by atoms with E-state index in [1.165, 1.54) is 0 Å². The highest BCUT2D eigenvalue weighted by molar-refractivity contribution is 5.32. The second kappa shape index (κ2) is 12.0. The summed E-state index contributed by atoms with van der Waals surface area (Å²) in [5.41, 5.74) is 1.07. The average Bonchev–Trinajstić information content (AvgIpc) is 2.69. The van der Waals surface area contributed by atoms with Gasteiger partial charge in [-0.25, -0.2) is 0 Å². The van der Waals surface area contributed by atoms with Gasteiger partial charge in [0.1, 0.15) is 30.5 Å². The van der Waals surface area contributed by atoms with Gasteiger partial charge in [-0.1, -0.05) is 18.2 Å². The van der Waals surface area contributed by atoms with Gasteiger partial charge in [-0.2, -0.15) is 0 Å². The van der Waals surface area contributed by atoms with E-state index in [0.29, 0.717) is 39.6 Å². The molecule has 0 aromatic heterocycles. The summed E-state index contributed by atoms with van der Waals surface area (Å²) in [6.45, 7) is 6.78. The van der Waals surface area contributed by atoms with Crippen molar-refractivity contribution in [3.63, 3.8) is 0 Å². The van der Waals surface area contributed by atoms with Crippen LogP contribution in [0.25, 0.3) is 0 Å². The number of benzene rings is 2. The van der Waals surface area contributed by atoms with Crippen LogP contribution in [0.1, 0.15) is 5.56 Å². The molecule has 0 radical (unpaired) electrons. The van der Waals surface area contributed by atoms with Crippen molar-refractivity contribution in [3.8, 4) is 17.2 Å². The predicted molar refractivity (Wildman–Crippen MR) is 101 cm³/mol. The Morgan fingerprint density at radius 1 is 0.731 bits per heavy atom. The van der Waals surface area contributed by atoms with Crippen LogP contribution in [-0.4, -0.2) is 40.1 Å². The van der Waals surface area contributed by atoms with E-state index in [0.717, 1.165) is 22.8 Å². The molecule has 2 aromatic rings. The van der Waals surface area contributed by atoms with Gasteiger partial charge in [-0.15, -0.1) is 6.58 Å². The molecule has 0 saturated heterocycles. The lowest BCUT2D eigenvalue weighted by atomic mass is 10.2. The molecule has 140 valence electrons. The normalized spacial score (nSPS) is 10.3. The van der Waals surface area contributed by atoms with Crippen LogP contribution in [0.2, 0.25) is 0 Å². The van der Waals surface area contributed by atoms with Crippen molar-refractivity contribution in [2.24, 2.45) is 0 Å². The van der Waals surface area contributed by atoms with E-state index >= 15 is 0 Å². The van der Waals surface area contributed by atoms with Gasteiger partial charge in [0.15, 0.2) is 0 Å². The summed E-state index contributed by atoms with van der Waals surface area (Å²) >= 11 is 0. The summed E-state index contributed by atoms with van der Waals surface area (Å²) in [6.07, 6.45) is 1.72. The Morgan fingerprint density at radius 3 is 2.00 bits per heavy atom. The van der Waals surface area contributed by atoms with Gasteiger partial charge >= 0.3 is 0 Å². The second-order valence-electron chi connectivity index (χ2n) is 5.43. The van der Waals surface area contributed by atoms with Crippen LogP contribution >= 0.6 is 0 Å². The minimum atomic E-state index is 0.500. The largest absolute Gasteiger partial charge is 0.497 e. The van der Waals surface area contributed by atoms with Crippen LogP contribution < -0.4 is 14.2 Å². The summed E-state index contributed by atoms with van der Waals surface area (Å²) in [5.74, 6) is 2.43. The van der Waals surface area contributed by atoms with Crippen LogP contribution in [0.15, 0.2) is 61.2 Å². The highest BCUT2D eigenvalue weighted by Gasteiger charge is 1.99. The van der Waals surface area contributed by atoms with Crippen molar-refractivity contribution in [2.45, 2.75) is 6.61 Å². The van der Waals surface area contributed by atoms with Crippen molar-refractivity contribution < 1.29 is 23.7 Å². The molecule has 26 heavy (non-hydrogen) atoms. The minimum absolute atomic E-state index is 0.500. The highest BCUT2D eigenvalue weighted by Crippen LogP contribution is 2.19. The molecule has 5 nitrogen and oxygen atoms in total. The van der Waals surface area contributed by atoms with Crippen LogP contribution in [0, 0.1) is 0 Å². The van der Waals surface area contributed by atoms with Gasteiger partial charge in [-0.3, -0.25) is 0 Å². The first-order valence-corrected chi connectivity index (χ1v) is 8.57. The molecule has 0 atom stereocenters. The van der Waals surface area contributed by atoms with Crippen LogP contribution in [0.3, 0.4) is 0 Å². The Kier molecular flexibility index (Phi) is 9.11. The number of ether oxygens (including phenoxy) is 5. The molecular formula is C21H26O5. The van der Waals surface area contributed by atoms with E-state index < -0.39 is 0 Å². The molecule has 0 aliphatic heterocycles. The Balaban J connectivity index is 1.62. The molecule has 0 fully saturated rings. The van der Waals surface area contributed by atoms with E-state index in [1.54, 1.807) is 13.2 Å². The van der Waals surface area contributed by atoms with Crippen molar-refractivity contribution in [1.82, 2.24) is 0 Å². The van der Waals surface area contributed by atoms with Crippen molar-refractivity contribution in [3.05, 3.63) is 66.7 Å². The van der Waals surface area contributed by atoms with Crippen LogP contribution in [0.5, 0.6) is 17.2 Å². The van der Waals surface area contributed by atoms with Gasteiger partial charge in [0, 0.05) is 0 Å². The molecule has 0 N–H and O–H groups in total. The maximum absolute atomic E-state index is 5.75. The molecule has 2 rings (SSSR count). The van der Waals surface area contributed by atoms with Crippen LogP contribution in [-0.2, 0) is 16.1 Å². The molecule has 0 amide bonds. The first-order chi connectivity index (χ1) is 12.8. The summed E-state index contributed by atoms with van der Waals surface area (Å²) in [6, 6.07) is 15.4. The molecule has 0 spiro atoms. The lowest BCUT2D eigenvalue weighted by Gasteiger charge is -2.09. The van der Waals surface area contributed by atoms with Gasteiger partial charge in [0.05, 0.1) is 33.5 Å². The van der Waals surface area contributed by atoms with E-state index in [9.17, 15) is 0 Å². The Morgan fingerprint density at radius 2 is 1.31 bits per heavy atom. The highest BCUT2D eigenvalue weighted by atomic mass is 16.5. The summed E-state index contributed by atoms with van der Waals surface area (Å²) in [5, 5.41) is 0. The Labute approximate surface area is 155 Å². The van der Waals surface area contributed by atoms with Crippen molar-refractivity contribution in [2.75, 3.05) is 40.1 Å². The lowest BCUT2D eigenvalue weighted by Crippen LogP contribution is -2.10.